The molecule has 0 aromatic rings. The van der Waals surface area contributed by atoms with Gasteiger partial charge in [0.05, 0.1) is 5.60 Å². The lowest BCUT2D eigenvalue weighted by atomic mass is 9.90. The zero-order valence-electron chi connectivity index (χ0n) is 8.98. The van der Waals surface area contributed by atoms with E-state index in [1.165, 1.54) is 0 Å². The van der Waals surface area contributed by atoms with E-state index in [-0.39, 0.29) is 6.42 Å². The molecule has 1 rings (SSSR count). The summed E-state index contributed by atoms with van der Waals surface area (Å²) < 4.78 is 42.0. The largest absolute Gasteiger partial charge is 0.389 e. The van der Waals surface area contributed by atoms with E-state index < -0.39 is 18.2 Å². The summed E-state index contributed by atoms with van der Waals surface area (Å²) in [7, 11) is 0. The first-order valence-corrected chi connectivity index (χ1v) is 5.50. The van der Waals surface area contributed by atoms with Crippen LogP contribution in [0.25, 0.3) is 0 Å². The monoisotopic (exact) mass is 254 g/mol. The summed E-state index contributed by atoms with van der Waals surface area (Å²) in [5.41, 5.74) is -0.845. The zero-order valence-corrected chi connectivity index (χ0v) is 9.74. The number of allylic oxidation sites excluding steroid dienone is 2. The van der Waals surface area contributed by atoms with Crippen molar-refractivity contribution in [1.29, 1.82) is 0 Å². The van der Waals surface area contributed by atoms with E-state index in [0.717, 1.165) is 0 Å². The normalized spacial score (nSPS) is 25.7. The highest BCUT2D eigenvalue weighted by Crippen LogP contribution is 2.34. The first-order valence-electron chi connectivity index (χ1n) is 5.12. The van der Waals surface area contributed by atoms with Gasteiger partial charge in [-0.3, -0.25) is 0 Å². The molecule has 92 valence electrons. The van der Waals surface area contributed by atoms with E-state index in [9.17, 15) is 13.2 Å². The topological polar surface area (TPSA) is 9.23 Å². The van der Waals surface area contributed by atoms with Crippen LogP contribution in [0, 0.1) is 0 Å². The maximum absolute atomic E-state index is 12.2. The highest BCUT2D eigenvalue weighted by molar-refractivity contribution is 6.31. The average molecular weight is 255 g/mol. The Bertz CT molecular complexity index is 296. The van der Waals surface area contributed by atoms with Gasteiger partial charge in [-0.2, -0.15) is 13.2 Å². The van der Waals surface area contributed by atoms with Crippen molar-refractivity contribution in [3.8, 4) is 0 Å². The molecule has 1 nitrogen and oxygen atoms in total. The Hall–Kier alpha value is -0.480. The van der Waals surface area contributed by atoms with Gasteiger partial charge in [0.15, 0.2) is 0 Å². The van der Waals surface area contributed by atoms with Crippen LogP contribution in [0.3, 0.4) is 0 Å². The Morgan fingerprint density at radius 1 is 1.50 bits per heavy atom. The number of halogens is 4. The summed E-state index contributed by atoms with van der Waals surface area (Å²) in [6, 6.07) is 0. The molecule has 0 aliphatic heterocycles. The number of hydrogen-bond acceptors (Lipinski definition) is 1. The SMILES string of the molecule is CCOC1(CCC(F)(F)F)C=CC(Cl)=CC1. The van der Waals surface area contributed by atoms with Crippen LogP contribution in [0.4, 0.5) is 13.2 Å². The minimum atomic E-state index is -4.15. The minimum Gasteiger partial charge on any atom is -0.371 e. The predicted octanol–water partition coefficient (Wildman–Crippen LogP) is 4.19. The molecular weight excluding hydrogens is 241 g/mol. The second kappa shape index (κ2) is 5.23. The molecule has 0 saturated heterocycles. The second-order valence-electron chi connectivity index (χ2n) is 3.74. The number of alkyl halides is 3. The van der Waals surface area contributed by atoms with Gasteiger partial charge in [-0.25, -0.2) is 0 Å². The van der Waals surface area contributed by atoms with Crippen LogP contribution in [-0.2, 0) is 4.74 Å². The maximum Gasteiger partial charge on any atom is 0.389 e. The Kier molecular flexibility index (Phi) is 4.44. The molecule has 0 amide bonds. The molecule has 0 spiro atoms. The van der Waals surface area contributed by atoms with Gasteiger partial charge >= 0.3 is 6.18 Å². The van der Waals surface area contributed by atoms with Gasteiger partial charge in [-0.15, -0.1) is 0 Å². The summed E-state index contributed by atoms with van der Waals surface area (Å²) in [4.78, 5) is 0. The molecule has 0 aromatic heterocycles. The number of rotatable bonds is 4. The lowest BCUT2D eigenvalue weighted by molar-refractivity contribution is -0.147. The predicted molar refractivity (Wildman–Crippen MR) is 57.3 cm³/mol. The van der Waals surface area contributed by atoms with Gasteiger partial charge in [-0.05, 0) is 25.8 Å². The third-order valence-electron chi connectivity index (χ3n) is 2.45. The van der Waals surface area contributed by atoms with E-state index in [2.05, 4.69) is 0 Å². The molecule has 0 fully saturated rings. The minimum absolute atomic E-state index is 0.0679. The van der Waals surface area contributed by atoms with E-state index in [1.54, 1.807) is 25.2 Å². The number of ether oxygens (including phenoxy) is 1. The van der Waals surface area contributed by atoms with E-state index in [4.69, 9.17) is 16.3 Å². The van der Waals surface area contributed by atoms with Gasteiger partial charge in [0.25, 0.3) is 0 Å². The summed E-state index contributed by atoms with van der Waals surface area (Å²) in [6.45, 7) is 2.15. The molecule has 0 N–H and O–H groups in total. The van der Waals surface area contributed by atoms with Crippen LogP contribution < -0.4 is 0 Å². The van der Waals surface area contributed by atoms with Crippen LogP contribution in [0.15, 0.2) is 23.3 Å². The maximum atomic E-state index is 12.2. The molecule has 1 unspecified atom stereocenters. The molecule has 0 saturated carbocycles. The third-order valence-corrected chi connectivity index (χ3v) is 2.73. The Morgan fingerprint density at radius 3 is 2.62 bits per heavy atom. The van der Waals surface area contributed by atoms with Gasteiger partial charge in [0, 0.05) is 18.1 Å². The molecule has 1 aliphatic rings. The summed E-state index contributed by atoms with van der Waals surface area (Å²) in [5, 5.41) is 0.544. The molecule has 0 radical (unpaired) electrons. The smallest absolute Gasteiger partial charge is 0.371 e. The summed E-state index contributed by atoms with van der Waals surface area (Å²) in [6.07, 6.45) is 0.245. The first-order chi connectivity index (χ1) is 7.37. The third kappa shape index (κ3) is 4.18. The fourth-order valence-corrected chi connectivity index (χ4v) is 1.78. The molecule has 5 heteroatoms. The van der Waals surface area contributed by atoms with Crippen LogP contribution in [0.5, 0.6) is 0 Å². The number of hydrogen-bond donors (Lipinski definition) is 0. The highest BCUT2D eigenvalue weighted by Gasteiger charge is 2.35. The zero-order chi connectivity index (χ0) is 12.2. The second-order valence-corrected chi connectivity index (χ2v) is 4.18. The van der Waals surface area contributed by atoms with Gasteiger partial charge in [-0.1, -0.05) is 23.8 Å². The molecule has 0 aromatic carbocycles. The van der Waals surface area contributed by atoms with Crippen LogP contribution in [-0.4, -0.2) is 18.4 Å². The van der Waals surface area contributed by atoms with Crippen molar-refractivity contribution in [3.63, 3.8) is 0 Å². The van der Waals surface area contributed by atoms with Gasteiger partial charge < -0.3 is 4.74 Å². The first kappa shape index (κ1) is 13.6. The Balaban J connectivity index is 2.65. The van der Waals surface area contributed by atoms with Crippen molar-refractivity contribution in [1.82, 2.24) is 0 Å². The van der Waals surface area contributed by atoms with Crippen molar-refractivity contribution in [2.24, 2.45) is 0 Å². The summed E-state index contributed by atoms with van der Waals surface area (Å²) >= 11 is 5.73. The molecular formula is C11H14ClF3O. The highest BCUT2D eigenvalue weighted by atomic mass is 35.5. The Morgan fingerprint density at radius 2 is 2.19 bits per heavy atom. The lowest BCUT2D eigenvalue weighted by Gasteiger charge is -2.32. The van der Waals surface area contributed by atoms with Crippen LogP contribution in [0.2, 0.25) is 0 Å². The van der Waals surface area contributed by atoms with Crippen molar-refractivity contribution in [3.05, 3.63) is 23.3 Å². The summed E-state index contributed by atoms with van der Waals surface area (Å²) in [5.74, 6) is 0. The van der Waals surface area contributed by atoms with Crippen molar-refractivity contribution in [2.75, 3.05) is 6.61 Å². The van der Waals surface area contributed by atoms with Gasteiger partial charge in [0.2, 0.25) is 0 Å². The Labute approximate surface area is 97.9 Å². The average Bonchev–Trinajstić information content (AvgIpc) is 2.19. The molecule has 0 heterocycles. The molecule has 1 atom stereocenters. The lowest BCUT2D eigenvalue weighted by Crippen LogP contribution is -2.32. The molecule has 0 bridgehead atoms. The van der Waals surface area contributed by atoms with Crippen LogP contribution in [0.1, 0.15) is 26.2 Å². The van der Waals surface area contributed by atoms with E-state index >= 15 is 0 Å². The molecule has 1 aliphatic carbocycles. The van der Waals surface area contributed by atoms with Crippen molar-refractivity contribution >= 4 is 11.6 Å². The van der Waals surface area contributed by atoms with Crippen molar-refractivity contribution in [2.45, 2.75) is 38.0 Å². The van der Waals surface area contributed by atoms with Crippen molar-refractivity contribution < 1.29 is 17.9 Å². The van der Waals surface area contributed by atoms with Crippen LogP contribution >= 0.6 is 11.6 Å². The van der Waals surface area contributed by atoms with Gasteiger partial charge in [0.1, 0.15) is 0 Å². The molecule has 16 heavy (non-hydrogen) atoms. The quantitative estimate of drug-likeness (QED) is 0.731. The fraction of sp³-hybridized carbons (Fsp3) is 0.636. The fourth-order valence-electron chi connectivity index (χ4n) is 1.64. The standard InChI is InChI=1S/C11H14ClF3O/c1-2-16-10(7-8-11(13,14)15)5-3-9(12)4-6-10/h3-5H,2,6-8H2,1H3. The van der Waals surface area contributed by atoms with E-state index in [1.807, 2.05) is 0 Å². The van der Waals surface area contributed by atoms with E-state index in [0.29, 0.717) is 18.1 Å².